The van der Waals surface area contributed by atoms with Crippen LogP contribution in [0.3, 0.4) is 0 Å². The number of hydrogen-bond acceptors (Lipinski definition) is 3. The highest BCUT2D eigenvalue weighted by atomic mass is 35.5. The van der Waals surface area contributed by atoms with E-state index in [1.807, 2.05) is 0 Å². The highest BCUT2D eigenvalue weighted by molar-refractivity contribution is 6.34. The molecular weight excluding hydrogens is 221 g/mol. The highest BCUT2D eigenvalue weighted by Crippen LogP contribution is 2.25. The molecule has 0 radical (unpaired) electrons. The molecule has 0 saturated carbocycles. The molecule has 0 aliphatic rings. The molecule has 0 heterocycles. The van der Waals surface area contributed by atoms with Gasteiger partial charge >= 0.3 is 5.97 Å². The first kappa shape index (κ1) is 11.8. The van der Waals surface area contributed by atoms with E-state index in [2.05, 4.69) is 0 Å². The van der Waals surface area contributed by atoms with Crippen LogP contribution in [0.1, 0.15) is 24.2 Å². The molecule has 15 heavy (non-hydrogen) atoms. The van der Waals surface area contributed by atoms with Crippen molar-refractivity contribution in [3.05, 3.63) is 28.5 Å². The number of nitrogen functional groups attached to an aromatic ring is 1. The molecule has 0 atom stereocenters. The minimum absolute atomic E-state index is 0.0829. The number of hydrogen-bond donors (Lipinski definition) is 1. The quantitative estimate of drug-likeness (QED) is 0.629. The molecule has 0 aliphatic heterocycles. The average Bonchev–Trinajstić information content (AvgIpc) is 2.11. The third-order valence-electron chi connectivity index (χ3n) is 1.69. The minimum Gasteiger partial charge on any atom is -0.459 e. The summed E-state index contributed by atoms with van der Waals surface area (Å²) in [6.07, 6.45) is -0.309. The van der Waals surface area contributed by atoms with Gasteiger partial charge in [0.05, 0.1) is 16.8 Å². The SMILES string of the molecule is CC(C)OC(=O)c1c(Cl)ccc(F)c1N. The second kappa shape index (κ2) is 4.49. The molecule has 2 N–H and O–H groups in total. The van der Waals surface area contributed by atoms with Gasteiger partial charge in [-0.3, -0.25) is 0 Å². The van der Waals surface area contributed by atoms with Crippen molar-refractivity contribution in [3.8, 4) is 0 Å². The summed E-state index contributed by atoms with van der Waals surface area (Å²) >= 11 is 5.73. The van der Waals surface area contributed by atoms with Crippen molar-refractivity contribution in [3.63, 3.8) is 0 Å². The molecule has 0 fully saturated rings. The fraction of sp³-hybridized carbons (Fsp3) is 0.300. The summed E-state index contributed by atoms with van der Waals surface area (Å²) in [6.45, 7) is 3.36. The third kappa shape index (κ3) is 2.59. The summed E-state index contributed by atoms with van der Waals surface area (Å²) in [5, 5.41) is 0.0829. The standard InChI is InChI=1S/C10H11ClFNO2/c1-5(2)15-10(14)8-6(11)3-4-7(12)9(8)13/h3-5H,13H2,1-2H3. The topological polar surface area (TPSA) is 52.3 Å². The number of carbonyl (C=O) groups is 1. The lowest BCUT2D eigenvalue weighted by molar-refractivity contribution is 0.0379. The van der Waals surface area contributed by atoms with Gasteiger partial charge in [-0.25, -0.2) is 9.18 Å². The number of ether oxygens (including phenoxy) is 1. The fourth-order valence-electron chi connectivity index (χ4n) is 1.05. The van der Waals surface area contributed by atoms with Crippen LogP contribution in [0.4, 0.5) is 10.1 Å². The summed E-state index contributed by atoms with van der Waals surface area (Å²) in [6, 6.07) is 2.37. The van der Waals surface area contributed by atoms with Gasteiger partial charge in [-0.15, -0.1) is 0 Å². The van der Waals surface area contributed by atoms with Crippen molar-refractivity contribution in [2.45, 2.75) is 20.0 Å². The second-order valence-electron chi connectivity index (χ2n) is 3.27. The van der Waals surface area contributed by atoms with Gasteiger partial charge in [0.1, 0.15) is 11.4 Å². The first-order valence-corrected chi connectivity index (χ1v) is 4.75. The van der Waals surface area contributed by atoms with Gasteiger partial charge in [-0.1, -0.05) is 11.6 Å². The second-order valence-corrected chi connectivity index (χ2v) is 3.68. The molecule has 0 aromatic heterocycles. The van der Waals surface area contributed by atoms with E-state index in [9.17, 15) is 9.18 Å². The van der Waals surface area contributed by atoms with Crippen molar-refractivity contribution < 1.29 is 13.9 Å². The average molecular weight is 232 g/mol. The molecule has 3 nitrogen and oxygen atoms in total. The number of anilines is 1. The Kier molecular flexibility index (Phi) is 3.52. The normalized spacial score (nSPS) is 10.5. The predicted octanol–water partition coefficient (Wildman–Crippen LogP) is 2.63. The van der Waals surface area contributed by atoms with Crippen LogP contribution in [0.25, 0.3) is 0 Å². The van der Waals surface area contributed by atoms with E-state index in [1.165, 1.54) is 6.07 Å². The largest absolute Gasteiger partial charge is 0.459 e. The van der Waals surface area contributed by atoms with Crippen LogP contribution >= 0.6 is 11.6 Å². The first-order chi connectivity index (χ1) is 6.93. The number of benzene rings is 1. The summed E-state index contributed by atoms with van der Waals surface area (Å²) in [5.41, 5.74) is 5.00. The van der Waals surface area contributed by atoms with Gasteiger partial charge < -0.3 is 10.5 Å². The van der Waals surface area contributed by atoms with Crippen LogP contribution in [-0.4, -0.2) is 12.1 Å². The molecule has 0 saturated heterocycles. The van der Waals surface area contributed by atoms with Crippen LogP contribution in [0.15, 0.2) is 12.1 Å². The summed E-state index contributed by atoms with van der Waals surface area (Å²) in [4.78, 5) is 11.5. The van der Waals surface area contributed by atoms with E-state index in [0.717, 1.165) is 6.07 Å². The zero-order valence-electron chi connectivity index (χ0n) is 8.38. The van der Waals surface area contributed by atoms with Crippen LogP contribution in [0, 0.1) is 5.82 Å². The van der Waals surface area contributed by atoms with Crippen molar-refractivity contribution in [1.29, 1.82) is 0 Å². The third-order valence-corrected chi connectivity index (χ3v) is 2.00. The lowest BCUT2D eigenvalue weighted by Gasteiger charge is -2.11. The first-order valence-electron chi connectivity index (χ1n) is 4.38. The Morgan fingerprint density at radius 2 is 2.13 bits per heavy atom. The van der Waals surface area contributed by atoms with Gasteiger partial charge in [0.15, 0.2) is 0 Å². The molecule has 0 spiro atoms. The lowest BCUT2D eigenvalue weighted by atomic mass is 10.1. The van der Waals surface area contributed by atoms with Gasteiger partial charge in [0, 0.05) is 0 Å². The lowest BCUT2D eigenvalue weighted by Crippen LogP contribution is -2.14. The summed E-state index contributed by atoms with van der Waals surface area (Å²) in [7, 11) is 0. The molecule has 0 amide bonds. The molecule has 1 aromatic rings. The van der Waals surface area contributed by atoms with Crippen LogP contribution in [0.2, 0.25) is 5.02 Å². The Hall–Kier alpha value is -1.29. The molecular formula is C10H11ClFNO2. The van der Waals surface area contributed by atoms with Crippen molar-refractivity contribution in [1.82, 2.24) is 0 Å². The summed E-state index contributed by atoms with van der Waals surface area (Å²) in [5.74, 6) is -1.40. The van der Waals surface area contributed by atoms with E-state index in [-0.39, 0.29) is 22.4 Å². The summed E-state index contributed by atoms with van der Waals surface area (Å²) < 4.78 is 17.9. The monoisotopic (exact) mass is 231 g/mol. The molecule has 5 heteroatoms. The number of carbonyl (C=O) groups excluding carboxylic acids is 1. The van der Waals surface area contributed by atoms with Crippen molar-refractivity contribution in [2.24, 2.45) is 0 Å². The molecule has 0 aliphatic carbocycles. The van der Waals surface area contributed by atoms with E-state index in [0.29, 0.717) is 0 Å². The maximum atomic E-state index is 13.1. The van der Waals surface area contributed by atoms with Gasteiger partial charge in [-0.2, -0.15) is 0 Å². The Labute approximate surface area is 92.0 Å². The Balaban J connectivity index is 3.13. The maximum absolute atomic E-state index is 13.1. The van der Waals surface area contributed by atoms with Crippen LogP contribution < -0.4 is 5.73 Å². The van der Waals surface area contributed by atoms with Crippen molar-refractivity contribution in [2.75, 3.05) is 5.73 Å². The molecule has 82 valence electrons. The Bertz CT molecular complexity index is 393. The van der Waals surface area contributed by atoms with Gasteiger partial charge in [-0.05, 0) is 26.0 Å². The smallest absolute Gasteiger partial charge is 0.342 e. The van der Waals surface area contributed by atoms with E-state index in [1.54, 1.807) is 13.8 Å². The van der Waals surface area contributed by atoms with Crippen LogP contribution in [-0.2, 0) is 4.74 Å². The Morgan fingerprint density at radius 3 is 2.67 bits per heavy atom. The predicted molar refractivity (Wildman–Crippen MR) is 56.4 cm³/mol. The van der Waals surface area contributed by atoms with Gasteiger partial charge in [0.25, 0.3) is 0 Å². The molecule has 1 rings (SSSR count). The number of nitrogens with two attached hydrogens (primary N) is 1. The zero-order chi connectivity index (χ0) is 11.6. The molecule has 0 unspecified atom stereocenters. The van der Waals surface area contributed by atoms with E-state index in [4.69, 9.17) is 22.1 Å². The highest BCUT2D eigenvalue weighted by Gasteiger charge is 2.19. The Morgan fingerprint density at radius 1 is 1.53 bits per heavy atom. The van der Waals surface area contributed by atoms with E-state index >= 15 is 0 Å². The van der Waals surface area contributed by atoms with Crippen molar-refractivity contribution >= 4 is 23.3 Å². The van der Waals surface area contributed by atoms with Crippen LogP contribution in [0.5, 0.6) is 0 Å². The van der Waals surface area contributed by atoms with E-state index < -0.39 is 11.8 Å². The zero-order valence-corrected chi connectivity index (χ0v) is 9.14. The number of esters is 1. The number of rotatable bonds is 2. The maximum Gasteiger partial charge on any atom is 0.342 e. The fourth-order valence-corrected chi connectivity index (χ4v) is 1.29. The number of halogens is 2. The molecule has 1 aromatic carbocycles. The van der Waals surface area contributed by atoms with Gasteiger partial charge in [0.2, 0.25) is 0 Å². The minimum atomic E-state index is -0.716. The molecule has 0 bridgehead atoms.